The van der Waals surface area contributed by atoms with Gasteiger partial charge in [0.05, 0.1) is 0 Å². The van der Waals surface area contributed by atoms with Gasteiger partial charge in [0.2, 0.25) is 0 Å². The van der Waals surface area contributed by atoms with Gasteiger partial charge in [0.15, 0.2) is 0 Å². The third-order valence-electron chi connectivity index (χ3n) is 4.40. The topological polar surface area (TPSA) is 30.9 Å². The fourth-order valence-corrected chi connectivity index (χ4v) is 3.38. The van der Waals surface area contributed by atoms with Crippen molar-refractivity contribution in [3.63, 3.8) is 0 Å². The van der Waals surface area contributed by atoms with Crippen LogP contribution in [0.1, 0.15) is 57.6 Å². The van der Waals surface area contributed by atoms with E-state index in [0.29, 0.717) is 6.04 Å². The summed E-state index contributed by atoms with van der Waals surface area (Å²) >= 11 is 0. The van der Waals surface area contributed by atoms with Gasteiger partial charge in [0.1, 0.15) is 0 Å². The summed E-state index contributed by atoms with van der Waals surface area (Å²) in [6.45, 7) is 4.19. The quantitative estimate of drug-likeness (QED) is 0.851. The van der Waals surface area contributed by atoms with Crippen molar-refractivity contribution >= 4 is 10.9 Å². The summed E-state index contributed by atoms with van der Waals surface area (Å²) < 4.78 is 2.48. The molecule has 1 aromatic heterocycles. The van der Waals surface area contributed by atoms with Crippen LogP contribution in [0.25, 0.3) is 10.9 Å². The first-order valence-electron chi connectivity index (χ1n) is 7.46. The van der Waals surface area contributed by atoms with Crippen LogP contribution in [-0.4, -0.2) is 4.57 Å². The van der Waals surface area contributed by atoms with Gasteiger partial charge in [-0.05, 0) is 38.3 Å². The monoisotopic (exact) mass is 256 g/mol. The third kappa shape index (κ3) is 2.30. The molecule has 2 aromatic rings. The van der Waals surface area contributed by atoms with Crippen LogP contribution in [0.15, 0.2) is 30.5 Å². The number of rotatable bonds is 2. The Balaban J connectivity index is 2.14. The number of hydrogen-bond acceptors (Lipinski definition) is 1. The summed E-state index contributed by atoms with van der Waals surface area (Å²) in [7, 11) is 0. The molecule has 0 saturated heterocycles. The molecular formula is C17H24N2. The Morgan fingerprint density at radius 3 is 2.47 bits per heavy atom. The SMILES string of the molecule is CC(C)(N)c1cn(C2CCCCC2)c2ccccc12. The second-order valence-corrected chi connectivity index (χ2v) is 6.48. The summed E-state index contributed by atoms with van der Waals surface area (Å²) in [5.74, 6) is 0. The first-order valence-corrected chi connectivity index (χ1v) is 7.46. The van der Waals surface area contributed by atoms with Crippen LogP contribution in [0, 0.1) is 0 Å². The molecule has 0 aliphatic heterocycles. The van der Waals surface area contributed by atoms with E-state index in [1.165, 1.54) is 48.6 Å². The van der Waals surface area contributed by atoms with Crippen LogP contribution >= 0.6 is 0 Å². The Morgan fingerprint density at radius 2 is 1.79 bits per heavy atom. The van der Waals surface area contributed by atoms with Crippen LogP contribution in [0.5, 0.6) is 0 Å². The van der Waals surface area contributed by atoms with Crippen molar-refractivity contribution in [3.05, 3.63) is 36.0 Å². The number of nitrogens with zero attached hydrogens (tertiary/aromatic N) is 1. The minimum Gasteiger partial charge on any atom is -0.344 e. The average molecular weight is 256 g/mol. The highest BCUT2D eigenvalue weighted by Gasteiger charge is 2.23. The fraction of sp³-hybridized carbons (Fsp3) is 0.529. The van der Waals surface area contributed by atoms with Crippen molar-refractivity contribution in [2.24, 2.45) is 5.73 Å². The van der Waals surface area contributed by atoms with Crippen molar-refractivity contribution in [2.45, 2.75) is 57.5 Å². The van der Waals surface area contributed by atoms with Crippen molar-refractivity contribution in [1.82, 2.24) is 4.57 Å². The van der Waals surface area contributed by atoms with Crippen molar-refractivity contribution in [3.8, 4) is 0 Å². The van der Waals surface area contributed by atoms with E-state index in [1.807, 2.05) is 0 Å². The molecule has 1 aliphatic rings. The smallest absolute Gasteiger partial charge is 0.0486 e. The zero-order valence-corrected chi connectivity index (χ0v) is 12.0. The van der Waals surface area contributed by atoms with Gasteiger partial charge < -0.3 is 10.3 Å². The predicted octanol–water partition coefficient (Wildman–Crippen LogP) is 4.34. The molecule has 0 amide bonds. The lowest BCUT2D eigenvalue weighted by atomic mass is 9.95. The molecule has 2 N–H and O–H groups in total. The molecule has 0 atom stereocenters. The highest BCUT2D eigenvalue weighted by molar-refractivity contribution is 5.85. The lowest BCUT2D eigenvalue weighted by Gasteiger charge is -2.24. The van der Waals surface area contributed by atoms with Gasteiger partial charge in [-0.3, -0.25) is 0 Å². The molecule has 0 bridgehead atoms. The van der Waals surface area contributed by atoms with Gasteiger partial charge >= 0.3 is 0 Å². The molecule has 1 fully saturated rings. The molecule has 0 unspecified atom stereocenters. The second kappa shape index (κ2) is 4.68. The molecule has 1 aliphatic carbocycles. The molecule has 2 heteroatoms. The molecule has 1 saturated carbocycles. The molecule has 3 rings (SSSR count). The van der Waals surface area contributed by atoms with E-state index in [0.717, 1.165) is 0 Å². The number of fused-ring (bicyclic) bond motifs is 1. The Kier molecular flexibility index (Phi) is 3.14. The lowest BCUT2D eigenvalue weighted by molar-refractivity contribution is 0.359. The Morgan fingerprint density at radius 1 is 1.11 bits per heavy atom. The van der Waals surface area contributed by atoms with E-state index >= 15 is 0 Å². The van der Waals surface area contributed by atoms with Crippen LogP contribution in [0.2, 0.25) is 0 Å². The molecule has 1 heterocycles. The number of hydrogen-bond donors (Lipinski definition) is 1. The first kappa shape index (κ1) is 12.7. The maximum absolute atomic E-state index is 6.35. The van der Waals surface area contributed by atoms with E-state index in [-0.39, 0.29) is 5.54 Å². The van der Waals surface area contributed by atoms with Gasteiger partial charge in [-0.2, -0.15) is 0 Å². The van der Waals surface area contributed by atoms with Crippen LogP contribution in [-0.2, 0) is 5.54 Å². The minimum atomic E-state index is -0.278. The van der Waals surface area contributed by atoms with E-state index in [9.17, 15) is 0 Å². The highest BCUT2D eigenvalue weighted by Crippen LogP contribution is 2.35. The molecule has 0 spiro atoms. The predicted molar refractivity (Wildman–Crippen MR) is 81.3 cm³/mol. The summed E-state index contributed by atoms with van der Waals surface area (Å²) in [6, 6.07) is 9.35. The van der Waals surface area contributed by atoms with Crippen LogP contribution in [0.3, 0.4) is 0 Å². The van der Waals surface area contributed by atoms with Gasteiger partial charge in [0, 0.05) is 28.7 Å². The first-order chi connectivity index (χ1) is 9.07. The molecule has 1 aromatic carbocycles. The lowest BCUT2D eigenvalue weighted by Crippen LogP contribution is -2.28. The fourth-order valence-electron chi connectivity index (χ4n) is 3.38. The van der Waals surface area contributed by atoms with Gasteiger partial charge in [-0.25, -0.2) is 0 Å². The molecule has 2 nitrogen and oxygen atoms in total. The third-order valence-corrected chi connectivity index (χ3v) is 4.40. The van der Waals surface area contributed by atoms with Crippen LogP contribution < -0.4 is 5.73 Å². The Hall–Kier alpha value is -1.28. The number of aromatic nitrogens is 1. The van der Waals surface area contributed by atoms with Gasteiger partial charge in [-0.15, -0.1) is 0 Å². The number of para-hydroxylation sites is 1. The molecule has 19 heavy (non-hydrogen) atoms. The normalized spacial score (nSPS) is 18.1. The summed E-state index contributed by atoms with van der Waals surface area (Å²) in [6.07, 6.45) is 9.04. The van der Waals surface area contributed by atoms with E-state index in [1.54, 1.807) is 0 Å². The molecule has 102 valence electrons. The van der Waals surface area contributed by atoms with Gasteiger partial charge in [-0.1, -0.05) is 37.5 Å². The highest BCUT2D eigenvalue weighted by atomic mass is 15.0. The zero-order chi connectivity index (χ0) is 13.5. The van der Waals surface area contributed by atoms with E-state index in [2.05, 4.69) is 48.9 Å². The van der Waals surface area contributed by atoms with Crippen molar-refractivity contribution < 1.29 is 0 Å². The maximum atomic E-state index is 6.35. The van der Waals surface area contributed by atoms with E-state index in [4.69, 9.17) is 5.73 Å². The summed E-state index contributed by atoms with van der Waals surface area (Å²) in [4.78, 5) is 0. The van der Waals surface area contributed by atoms with Crippen molar-refractivity contribution in [1.29, 1.82) is 0 Å². The average Bonchev–Trinajstić information content (AvgIpc) is 2.79. The minimum absolute atomic E-state index is 0.278. The van der Waals surface area contributed by atoms with Crippen LogP contribution in [0.4, 0.5) is 0 Å². The Labute approximate surface area is 115 Å². The van der Waals surface area contributed by atoms with Gasteiger partial charge in [0.25, 0.3) is 0 Å². The van der Waals surface area contributed by atoms with E-state index < -0.39 is 0 Å². The summed E-state index contributed by atoms with van der Waals surface area (Å²) in [5.41, 5.74) is 8.70. The zero-order valence-electron chi connectivity index (χ0n) is 12.0. The standard InChI is InChI=1S/C17H24N2/c1-17(2,18)15-12-19(13-8-4-3-5-9-13)16-11-7-6-10-14(15)16/h6-7,10-13H,3-5,8-9,18H2,1-2H3. The second-order valence-electron chi connectivity index (χ2n) is 6.48. The Bertz CT molecular complexity index is 568. The molecule has 0 radical (unpaired) electrons. The molecular weight excluding hydrogens is 232 g/mol. The maximum Gasteiger partial charge on any atom is 0.0486 e. The number of benzene rings is 1. The largest absolute Gasteiger partial charge is 0.344 e. The number of nitrogens with two attached hydrogens (primary N) is 1. The summed E-state index contributed by atoms with van der Waals surface area (Å²) in [5, 5.41) is 1.32. The van der Waals surface area contributed by atoms with Crippen molar-refractivity contribution in [2.75, 3.05) is 0 Å².